The number of fused-ring (bicyclic) bond motifs is 3. The Balaban J connectivity index is 2.47. The molecule has 0 aromatic carbocycles. The van der Waals surface area contributed by atoms with Gasteiger partial charge < -0.3 is 10.5 Å². The second-order valence-corrected chi connectivity index (χ2v) is 3.13. The first-order valence-corrected chi connectivity index (χ1v) is 4.38. The third-order valence-corrected chi connectivity index (χ3v) is 2.30. The first-order valence-electron chi connectivity index (χ1n) is 4.38. The van der Waals surface area contributed by atoms with Crippen LogP contribution < -0.4 is 10.5 Å². The summed E-state index contributed by atoms with van der Waals surface area (Å²) in [6.45, 7) is 0.650. The highest BCUT2D eigenvalue weighted by atomic mass is 16.5. The SMILES string of the molecule is Nc1nc2c(c3nccnc13)CCO2. The Labute approximate surface area is 79.9 Å². The number of aromatic nitrogens is 3. The molecule has 0 saturated heterocycles. The van der Waals surface area contributed by atoms with Crippen LogP contribution in [0.4, 0.5) is 5.82 Å². The fourth-order valence-electron chi connectivity index (χ4n) is 1.67. The summed E-state index contributed by atoms with van der Waals surface area (Å²) in [5.41, 5.74) is 8.23. The van der Waals surface area contributed by atoms with E-state index in [9.17, 15) is 0 Å². The monoisotopic (exact) mass is 188 g/mol. The zero-order valence-corrected chi connectivity index (χ0v) is 7.40. The molecule has 3 heterocycles. The van der Waals surface area contributed by atoms with Crippen molar-refractivity contribution in [1.29, 1.82) is 0 Å². The van der Waals surface area contributed by atoms with Crippen LogP contribution in [0.25, 0.3) is 11.0 Å². The maximum Gasteiger partial charge on any atom is 0.221 e. The van der Waals surface area contributed by atoms with Gasteiger partial charge in [0.2, 0.25) is 5.88 Å². The highest BCUT2D eigenvalue weighted by molar-refractivity contribution is 5.88. The van der Waals surface area contributed by atoms with Crippen molar-refractivity contribution in [3.8, 4) is 5.88 Å². The van der Waals surface area contributed by atoms with Crippen molar-refractivity contribution in [2.75, 3.05) is 12.3 Å². The second-order valence-electron chi connectivity index (χ2n) is 3.13. The Hall–Kier alpha value is -1.91. The van der Waals surface area contributed by atoms with Crippen molar-refractivity contribution in [2.24, 2.45) is 0 Å². The fourth-order valence-corrected chi connectivity index (χ4v) is 1.67. The van der Waals surface area contributed by atoms with Crippen molar-refractivity contribution in [3.05, 3.63) is 18.0 Å². The number of pyridine rings is 1. The molecular weight excluding hydrogens is 180 g/mol. The predicted molar refractivity (Wildman–Crippen MR) is 50.9 cm³/mol. The highest BCUT2D eigenvalue weighted by Crippen LogP contribution is 2.30. The van der Waals surface area contributed by atoms with E-state index in [2.05, 4.69) is 15.0 Å². The minimum Gasteiger partial charge on any atom is -0.477 e. The molecule has 14 heavy (non-hydrogen) atoms. The molecule has 70 valence electrons. The summed E-state index contributed by atoms with van der Waals surface area (Å²) in [6, 6.07) is 0. The molecule has 5 nitrogen and oxygen atoms in total. The van der Waals surface area contributed by atoms with Gasteiger partial charge in [-0.2, -0.15) is 4.98 Å². The lowest BCUT2D eigenvalue weighted by Gasteiger charge is -2.03. The Bertz CT molecular complexity index is 511. The Kier molecular flexibility index (Phi) is 1.36. The van der Waals surface area contributed by atoms with Crippen LogP contribution in [0.5, 0.6) is 5.88 Å². The maximum absolute atomic E-state index is 5.74. The van der Waals surface area contributed by atoms with Crippen molar-refractivity contribution in [1.82, 2.24) is 15.0 Å². The van der Waals surface area contributed by atoms with E-state index in [0.717, 1.165) is 17.5 Å². The number of nitrogen functional groups attached to an aromatic ring is 1. The minimum atomic E-state index is 0.383. The van der Waals surface area contributed by atoms with Gasteiger partial charge in [-0.1, -0.05) is 0 Å². The van der Waals surface area contributed by atoms with Crippen LogP contribution >= 0.6 is 0 Å². The third-order valence-electron chi connectivity index (χ3n) is 2.30. The molecule has 0 unspecified atom stereocenters. The van der Waals surface area contributed by atoms with Gasteiger partial charge in [0, 0.05) is 24.4 Å². The van der Waals surface area contributed by atoms with Crippen LogP contribution in [0.1, 0.15) is 5.56 Å². The van der Waals surface area contributed by atoms with E-state index in [0.29, 0.717) is 23.8 Å². The van der Waals surface area contributed by atoms with Gasteiger partial charge in [-0.3, -0.25) is 4.98 Å². The first-order chi connectivity index (χ1) is 6.86. The number of ether oxygens (including phenoxy) is 1. The molecule has 5 heteroatoms. The molecule has 0 amide bonds. The summed E-state index contributed by atoms with van der Waals surface area (Å²) in [4.78, 5) is 12.5. The molecule has 3 rings (SSSR count). The zero-order chi connectivity index (χ0) is 9.54. The summed E-state index contributed by atoms with van der Waals surface area (Å²) in [5.74, 6) is 0.990. The third kappa shape index (κ3) is 0.863. The summed E-state index contributed by atoms with van der Waals surface area (Å²) in [5, 5.41) is 0. The van der Waals surface area contributed by atoms with Gasteiger partial charge in [0.15, 0.2) is 5.82 Å². The van der Waals surface area contributed by atoms with Crippen LogP contribution in [0, 0.1) is 0 Å². The molecule has 0 atom stereocenters. The van der Waals surface area contributed by atoms with E-state index >= 15 is 0 Å². The van der Waals surface area contributed by atoms with Gasteiger partial charge in [0.1, 0.15) is 11.0 Å². The van der Waals surface area contributed by atoms with E-state index in [-0.39, 0.29) is 0 Å². The fraction of sp³-hybridized carbons (Fsp3) is 0.222. The van der Waals surface area contributed by atoms with E-state index in [4.69, 9.17) is 10.5 Å². The summed E-state index contributed by atoms with van der Waals surface area (Å²) in [6.07, 6.45) is 4.10. The molecule has 0 bridgehead atoms. The highest BCUT2D eigenvalue weighted by Gasteiger charge is 2.20. The van der Waals surface area contributed by atoms with Crippen LogP contribution in [0.2, 0.25) is 0 Å². The van der Waals surface area contributed by atoms with Gasteiger partial charge in [0.05, 0.1) is 6.61 Å². The van der Waals surface area contributed by atoms with E-state index < -0.39 is 0 Å². The molecule has 2 aromatic rings. The number of rotatable bonds is 0. The number of nitrogens with zero attached hydrogens (tertiary/aromatic N) is 3. The largest absolute Gasteiger partial charge is 0.477 e. The molecule has 0 aliphatic carbocycles. The Morgan fingerprint density at radius 1 is 1.21 bits per heavy atom. The molecular formula is C9H8N4O. The quantitative estimate of drug-likeness (QED) is 0.653. The molecule has 0 fully saturated rings. The maximum atomic E-state index is 5.74. The van der Waals surface area contributed by atoms with Gasteiger partial charge in [-0.15, -0.1) is 0 Å². The Morgan fingerprint density at radius 2 is 2.00 bits per heavy atom. The van der Waals surface area contributed by atoms with Crippen LogP contribution in [0.15, 0.2) is 12.4 Å². The number of hydrogen-bond donors (Lipinski definition) is 1. The molecule has 0 saturated carbocycles. The summed E-state index contributed by atoms with van der Waals surface area (Å²) in [7, 11) is 0. The smallest absolute Gasteiger partial charge is 0.221 e. The van der Waals surface area contributed by atoms with Crippen molar-refractivity contribution >= 4 is 16.9 Å². The molecule has 0 radical (unpaired) electrons. The lowest BCUT2D eigenvalue weighted by molar-refractivity contribution is 0.345. The number of hydrogen-bond acceptors (Lipinski definition) is 5. The van der Waals surface area contributed by atoms with Crippen LogP contribution in [-0.2, 0) is 6.42 Å². The van der Waals surface area contributed by atoms with E-state index in [1.165, 1.54) is 0 Å². The van der Waals surface area contributed by atoms with Crippen LogP contribution in [0.3, 0.4) is 0 Å². The standard InChI is InChI=1S/C9H8N4O/c10-8-7-6(11-2-3-12-7)5-1-4-14-9(5)13-8/h2-3H,1,4H2,(H2,10,13). The topological polar surface area (TPSA) is 73.9 Å². The van der Waals surface area contributed by atoms with E-state index in [1.807, 2.05) is 0 Å². The van der Waals surface area contributed by atoms with Crippen molar-refractivity contribution in [2.45, 2.75) is 6.42 Å². The minimum absolute atomic E-state index is 0.383. The lowest BCUT2D eigenvalue weighted by atomic mass is 10.2. The molecule has 0 spiro atoms. The molecule has 1 aliphatic heterocycles. The average molecular weight is 188 g/mol. The molecule has 1 aliphatic rings. The summed E-state index contributed by atoms with van der Waals surface area (Å²) < 4.78 is 5.33. The predicted octanol–water partition coefficient (Wildman–Crippen LogP) is 0.542. The average Bonchev–Trinajstić information content (AvgIpc) is 2.66. The zero-order valence-electron chi connectivity index (χ0n) is 7.40. The first kappa shape index (κ1) is 7.49. The normalized spacial score (nSPS) is 14.0. The molecule has 2 N–H and O–H groups in total. The second kappa shape index (κ2) is 2.54. The lowest BCUT2D eigenvalue weighted by Crippen LogP contribution is -1.98. The van der Waals surface area contributed by atoms with Crippen molar-refractivity contribution in [3.63, 3.8) is 0 Å². The van der Waals surface area contributed by atoms with Gasteiger partial charge >= 0.3 is 0 Å². The van der Waals surface area contributed by atoms with Gasteiger partial charge in [-0.05, 0) is 0 Å². The van der Waals surface area contributed by atoms with Gasteiger partial charge in [0.25, 0.3) is 0 Å². The van der Waals surface area contributed by atoms with Crippen LogP contribution in [-0.4, -0.2) is 21.6 Å². The number of anilines is 1. The molecule has 2 aromatic heterocycles. The summed E-state index contributed by atoms with van der Waals surface area (Å²) >= 11 is 0. The van der Waals surface area contributed by atoms with Crippen molar-refractivity contribution < 1.29 is 4.74 Å². The van der Waals surface area contributed by atoms with E-state index in [1.54, 1.807) is 12.4 Å². The number of nitrogens with two attached hydrogens (primary N) is 1. The van der Waals surface area contributed by atoms with Gasteiger partial charge in [-0.25, -0.2) is 4.98 Å². The Morgan fingerprint density at radius 3 is 2.86 bits per heavy atom.